The SMILES string of the molecule is CC(C)[C@@H](C)NC(=O)CSc1nc2cc(S(=O)(=O)N(C)C)ccc2o1. The second kappa shape index (κ2) is 7.76. The Balaban J connectivity index is 2.10. The molecule has 7 nitrogen and oxygen atoms in total. The van der Waals surface area contributed by atoms with Crippen molar-refractivity contribution in [1.82, 2.24) is 14.6 Å². The number of benzene rings is 1. The van der Waals surface area contributed by atoms with E-state index in [0.717, 1.165) is 4.31 Å². The van der Waals surface area contributed by atoms with Crippen LogP contribution in [0.5, 0.6) is 0 Å². The molecule has 0 bridgehead atoms. The molecule has 0 saturated carbocycles. The first kappa shape index (κ1) is 19.7. The monoisotopic (exact) mass is 385 g/mol. The van der Waals surface area contributed by atoms with Gasteiger partial charge in [-0.2, -0.15) is 0 Å². The number of carbonyl (C=O) groups excluding carboxylic acids is 1. The lowest BCUT2D eigenvalue weighted by Crippen LogP contribution is -2.37. The van der Waals surface area contributed by atoms with E-state index in [9.17, 15) is 13.2 Å². The minimum Gasteiger partial charge on any atom is -0.431 e. The van der Waals surface area contributed by atoms with Crippen LogP contribution in [0.25, 0.3) is 11.1 Å². The van der Waals surface area contributed by atoms with E-state index in [1.165, 1.54) is 38.0 Å². The lowest BCUT2D eigenvalue weighted by molar-refractivity contribution is -0.119. The number of amides is 1. The van der Waals surface area contributed by atoms with E-state index >= 15 is 0 Å². The van der Waals surface area contributed by atoms with Gasteiger partial charge in [-0.3, -0.25) is 4.79 Å². The molecule has 0 fully saturated rings. The van der Waals surface area contributed by atoms with Crippen molar-refractivity contribution in [2.45, 2.75) is 36.9 Å². The van der Waals surface area contributed by atoms with Gasteiger partial charge < -0.3 is 9.73 Å². The van der Waals surface area contributed by atoms with Gasteiger partial charge in [-0.05, 0) is 31.0 Å². The number of nitrogens with zero attached hydrogens (tertiary/aromatic N) is 2. The summed E-state index contributed by atoms with van der Waals surface area (Å²) in [6.45, 7) is 6.04. The number of hydrogen-bond donors (Lipinski definition) is 1. The molecule has 1 heterocycles. The summed E-state index contributed by atoms with van der Waals surface area (Å²) in [5.74, 6) is 0.451. The molecule has 1 amide bonds. The topological polar surface area (TPSA) is 92.5 Å². The largest absolute Gasteiger partial charge is 0.431 e. The summed E-state index contributed by atoms with van der Waals surface area (Å²) in [5.41, 5.74) is 0.928. The lowest BCUT2D eigenvalue weighted by Gasteiger charge is -2.16. The highest BCUT2D eigenvalue weighted by atomic mass is 32.2. The molecular formula is C16H23N3O4S2. The molecule has 0 saturated heterocycles. The summed E-state index contributed by atoms with van der Waals surface area (Å²) in [7, 11) is -0.581. The van der Waals surface area contributed by atoms with E-state index in [1.54, 1.807) is 6.07 Å². The van der Waals surface area contributed by atoms with E-state index in [0.29, 0.717) is 22.2 Å². The van der Waals surface area contributed by atoms with Crippen LogP contribution in [0, 0.1) is 5.92 Å². The molecule has 0 aliphatic heterocycles. The van der Waals surface area contributed by atoms with Crippen LogP contribution in [0.15, 0.2) is 32.7 Å². The third kappa shape index (κ3) is 4.74. The smallest absolute Gasteiger partial charge is 0.257 e. The maximum atomic E-state index is 12.2. The predicted molar refractivity (Wildman–Crippen MR) is 98.0 cm³/mol. The van der Waals surface area contributed by atoms with Gasteiger partial charge in [0.25, 0.3) is 5.22 Å². The van der Waals surface area contributed by atoms with Crippen molar-refractivity contribution in [3.8, 4) is 0 Å². The molecular weight excluding hydrogens is 362 g/mol. The van der Waals surface area contributed by atoms with Crippen LogP contribution >= 0.6 is 11.8 Å². The van der Waals surface area contributed by atoms with Gasteiger partial charge in [-0.1, -0.05) is 25.6 Å². The van der Waals surface area contributed by atoms with Crippen LogP contribution in [-0.4, -0.2) is 49.5 Å². The lowest BCUT2D eigenvalue weighted by atomic mass is 10.1. The number of rotatable bonds is 7. The molecule has 2 rings (SSSR count). The van der Waals surface area contributed by atoms with Crippen molar-refractivity contribution < 1.29 is 17.6 Å². The number of carbonyl (C=O) groups is 1. The van der Waals surface area contributed by atoms with Crippen molar-refractivity contribution in [2.75, 3.05) is 19.8 Å². The van der Waals surface area contributed by atoms with Crippen LogP contribution in [0.2, 0.25) is 0 Å². The van der Waals surface area contributed by atoms with Crippen molar-refractivity contribution in [3.63, 3.8) is 0 Å². The van der Waals surface area contributed by atoms with E-state index < -0.39 is 10.0 Å². The van der Waals surface area contributed by atoms with Crippen molar-refractivity contribution >= 4 is 38.8 Å². The predicted octanol–water partition coefficient (Wildman–Crippen LogP) is 2.33. The second-order valence-electron chi connectivity index (χ2n) is 6.29. The summed E-state index contributed by atoms with van der Waals surface area (Å²) in [6, 6.07) is 4.62. The second-order valence-corrected chi connectivity index (χ2v) is 9.36. The number of nitrogens with one attached hydrogen (secondary N) is 1. The van der Waals surface area contributed by atoms with E-state index in [-0.39, 0.29) is 22.6 Å². The number of thioether (sulfide) groups is 1. The Kier molecular flexibility index (Phi) is 6.12. The maximum Gasteiger partial charge on any atom is 0.257 e. The van der Waals surface area contributed by atoms with Crippen LogP contribution in [0.1, 0.15) is 20.8 Å². The molecule has 0 aliphatic rings. The fourth-order valence-corrected chi connectivity index (χ4v) is 3.48. The number of sulfonamides is 1. The Morgan fingerprint density at radius 3 is 2.60 bits per heavy atom. The minimum absolute atomic E-state index is 0.0931. The van der Waals surface area contributed by atoms with Crippen LogP contribution in [0.3, 0.4) is 0 Å². The van der Waals surface area contributed by atoms with E-state index in [2.05, 4.69) is 10.3 Å². The molecule has 0 aliphatic carbocycles. The highest BCUT2D eigenvalue weighted by Gasteiger charge is 2.19. The van der Waals surface area contributed by atoms with Gasteiger partial charge in [0, 0.05) is 20.1 Å². The zero-order valence-electron chi connectivity index (χ0n) is 14.9. The van der Waals surface area contributed by atoms with Crippen LogP contribution in [-0.2, 0) is 14.8 Å². The number of hydrogen-bond acceptors (Lipinski definition) is 6. The molecule has 1 aromatic carbocycles. The minimum atomic E-state index is -3.53. The molecule has 1 N–H and O–H groups in total. The Labute approximate surface area is 152 Å². The molecule has 25 heavy (non-hydrogen) atoms. The van der Waals surface area contributed by atoms with E-state index in [1.807, 2.05) is 20.8 Å². The normalized spacial score (nSPS) is 13.6. The first-order valence-corrected chi connectivity index (χ1v) is 10.3. The molecule has 138 valence electrons. The average Bonchev–Trinajstić information content (AvgIpc) is 2.94. The third-order valence-electron chi connectivity index (χ3n) is 3.83. The molecule has 0 unspecified atom stereocenters. The van der Waals surface area contributed by atoms with Crippen molar-refractivity contribution in [2.24, 2.45) is 5.92 Å². The zero-order valence-corrected chi connectivity index (χ0v) is 16.6. The van der Waals surface area contributed by atoms with Gasteiger partial charge in [-0.15, -0.1) is 0 Å². The van der Waals surface area contributed by atoms with Crippen molar-refractivity contribution in [1.29, 1.82) is 0 Å². The third-order valence-corrected chi connectivity index (χ3v) is 6.47. The van der Waals surface area contributed by atoms with Gasteiger partial charge >= 0.3 is 0 Å². The average molecular weight is 386 g/mol. The Morgan fingerprint density at radius 2 is 2.00 bits per heavy atom. The highest BCUT2D eigenvalue weighted by molar-refractivity contribution is 7.99. The summed E-state index contributed by atoms with van der Waals surface area (Å²) in [6.07, 6.45) is 0. The first-order valence-electron chi connectivity index (χ1n) is 7.86. The molecule has 0 spiro atoms. The highest BCUT2D eigenvalue weighted by Crippen LogP contribution is 2.26. The Bertz CT molecular complexity index is 859. The number of fused-ring (bicyclic) bond motifs is 1. The molecule has 1 atom stereocenters. The Morgan fingerprint density at radius 1 is 1.32 bits per heavy atom. The summed E-state index contributed by atoms with van der Waals surface area (Å²) in [5, 5.41) is 3.25. The molecule has 1 aromatic heterocycles. The summed E-state index contributed by atoms with van der Waals surface area (Å²) in [4.78, 5) is 16.3. The quantitative estimate of drug-likeness (QED) is 0.736. The van der Waals surface area contributed by atoms with Gasteiger partial charge in [0.15, 0.2) is 5.58 Å². The van der Waals surface area contributed by atoms with Gasteiger partial charge in [0.05, 0.1) is 10.6 Å². The Hall–Kier alpha value is -1.58. The van der Waals surface area contributed by atoms with Gasteiger partial charge in [0.2, 0.25) is 15.9 Å². The summed E-state index contributed by atoms with van der Waals surface area (Å²) >= 11 is 1.18. The van der Waals surface area contributed by atoms with Crippen molar-refractivity contribution in [3.05, 3.63) is 18.2 Å². The van der Waals surface area contributed by atoms with E-state index in [4.69, 9.17) is 4.42 Å². The van der Waals surface area contributed by atoms with Crippen LogP contribution in [0.4, 0.5) is 0 Å². The fraction of sp³-hybridized carbons (Fsp3) is 0.500. The van der Waals surface area contributed by atoms with Gasteiger partial charge in [-0.25, -0.2) is 17.7 Å². The van der Waals surface area contributed by atoms with Crippen LogP contribution < -0.4 is 5.32 Å². The molecule has 9 heteroatoms. The summed E-state index contributed by atoms with van der Waals surface area (Å²) < 4.78 is 31.0. The number of oxazole rings is 1. The zero-order chi connectivity index (χ0) is 18.8. The number of aromatic nitrogens is 1. The first-order chi connectivity index (χ1) is 11.6. The molecule has 0 radical (unpaired) electrons. The molecule has 2 aromatic rings. The van der Waals surface area contributed by atoms with Gasteiger partial charge in [0.1, 0.15) is 5.52 Å². The fourth-order valence-electron chi connectivity index (χ4n) is 1.91. The maximum absolute atomic E-state index is 12.2. The standard InChI is InChI=1S/C16H23N3O4S2/c1-10(2)11(3)17-15(20)9-24-16-18-13-8-12(6-7-14(13)23-16)25(21,22)19(4)5/h6-8,10-11H,9H2,1-5H3,(H,17,20)/t11-/m1/s1.